The zero-order chi connectivity index (χ0) is 13.4. The summed E-state index contributed by atoms with van der Waals surface area (Å²) in [5.41, 5.74) is 0. The number of carbonyl (C=O) groups excluding carboxylic acids is 1. The molecule has 0 saturated carbocycles. The minimum Gasteiger partial charge on any atom is -0.481 e. The summed E-state index contributed by atoms with van der Waals surface area (Å²) in [5, 5.41) is 11.1. The third kappa shape index (κ3) is 5.89. The van der Waals surface area contributed by atoms with Crippen LogP contribution in [0.1, 0.15) is 19.8 Å². The zero-order valence-electron chi connectivity index (χ0n) is 10.3. The fourth-order valence-electron chi connectivity index (χ4n) is 1.36. The number of amides is 1. The number of hydrogen-bond acceptors (Lipinski definition) is 3. The minimum atomic E-state index is -0.825. The van der Waals surface area contributed by atoms with Crippen molar-refractivity contribution in [3.05, 3.63) is 30.3 Å². The lowest BCUT2D eigenvalue weighted by Crippen LogP contribution is -2.31. The maximum atomic E-state index is 11.4. The fourth-order valence-corrected chi connectivity index (χ4v) is 1.36. The zero-order valence-corrected chi connectivity index (χ0v) is 10.3. The largest absolute Gasteiger partial charge is 0.481 e. The molecule has 1 aromatic carbocycles. The third-order valence-electron chi connectivity index (χ3n) is 2.40. The molecule has 98 valence electrons. The highest BCUT2D eigenvalue weighted by atomic mass is 16.6. The van der Waals surface area contributed by atoms with Gasteiger partial charge in [0.1, 0.15) is 5.75 Å². The maximum absolute atomic E-state index is 11.4. The summed E-state index contributed by atoms with van der Waals surface area (Å²) < 4.78 is 5.02. The molecule has 1 unspecified atom stereocenters. The predicted molar refractivity (Wildman–Crippen MR) is 66.5 cm³/mol. The monoisotopic (exact) mass is 251 g/mol. The van der Waals surface area contributed by atoms with Crippen molar-refractivity contribution in [1.82, 2.24) is 5.32 Å². The molecule has 5 nitrogen and oxygen atoms in total. The molecule has 0 bridgehead atoms. The summed E-state index contributed by atoms with van der Waals surface area (Å²) in [6.45, 7) is 2.28. The molecule has 1 aromatic rings. The van der Waals surface area contributed by atoms with Crippen molar-refractivity contribution in [3.8, 4) is 5.75 Å². The van der Waals surface area contributed by atoms with Gasteiger partial charge in [0.2, 0.25) is 0 Å². The summed E-state index contributed by atoms with van der Waals surface area (Å²) in [6, 6.07) is 8.76. The minimum absolute atomic E-state index is 0.101. The van der Waals surface area contributed by atoms with E-state index in [0.29, 0.717) is 18.7 Å². The smallest absolute Gasteiger partial charge is 0.412 e. The highest BCUT2D eigenvalue weighted by Gasteiger charge is 2.08. The van der Waals surface area contributed by atoms with Crippen LogP contribution in [0.15, 0.2) is 30.3 Å². The molecule has 2 N–H and O–H groups in total. The fraction of sp³-hybridized carbons (Fsp3) is 0.385. The topological polar surface area (TPSA) is 75.6 Å². The van der Waals surface area contributed by atoms with Crippen LogP contribution in [0.3, 0.4) is 0 Å². The van der Waals surface area contributed by atoms with Gasteiger partial charge in [-0.1, -0.05) is 25.1 Å². The molecule has 1 amide bonds. The summed E-state index contributed by atoms with van der Waals surface area (Å²) in [4.78, 5) is 21.8. The summed E-state index contributed by atoms with van der Waals surface area (Å²) in [6.07, 6.45) is 0.112. The van der Waals surface area contributed by atoms with Crippen LogP contribution in [0.4, 0.5) is 4.79 Å². The lowest BCUT2D eigenvalue weighted by Gasteiger charge is -2.11. The molecule has 0 saturated heterocycles. The molecular weight excluding hydrogens is 234 g/mol. The number of carboxylic acid groups (broad SMARTS) is 1. The number of aliphatic carboxylic acids is 1. The Balaban J connectivity index is 2.23. The average molecular weight is 251 g/mol. The number of benzene rings is 1. The lowest BCUT2D eigenvalue weighted by atomic mass is 10.1. The van der Waals surface area contributed by atoms with Gasteiger partial charge in [0, 0.05) is 13.0 Å². The van der Waals surface area contributed by atoms with Crippen molar-refractivity contribution in [2.24, 2.45) is 5.92 Å². The van der Waals surface area contributed by atoms with Crippen LogP contribution in [0, 0.1) is 5.92 Å². The van der Waals surface area contributed by atoms with Gasteiger partial charge in [-0.25, -0.2) is 4.79 Å². The van der Waals surface area contributed by atoms with E-state index in [1.54, 1.807) is 24.3 Å². The van der Waals surface area contributed by atoms with Crippen molar-refractivity contribution >= 4 is 12.1 Å². The Kier molecular flexibility index (Phi) is 5.70. The van der Waals surface area contributed by atoms with Crippen LogP contribution >= 0.6 is 0 Å². The van der Waals surface area contributed by atoms with Crippen molar-refractivity contribution in [2.45, 2.75) is 19.8 Å². The molecule has 0 aliphatic heterocycles. The van der Waals surface area contributed by atoms with Crippen LogP contribution in [0.25, 0.3) is 0 Å². The first kappa shape index (κ1) is 14.0. The van der Waals surface area contributed by atoms with Gasteiger partial charge in [-0.15, -0.1) is 0 Å². The summed E-state index contributed by atoms with van der Waals surface area (Å²) in [5.74, 6) is -0.244. The highest BCUT2D eigenvalue weighted by Crippen LogP contribution is 2.08. The Morgan fingerprint density at radius 1 is 1.33 bits per heavy atom. The van der Waals surface area contributed by atoms with E-state index in [-0.39, 0.29) is 12.3 Å². The van der Waals surface area contributed by atoms with Crippen LogP contribution in [0.5, 0.6) is 5.75 Å². The molecule has 0 spiro atoms. The molecular formula is C13H17NO4. The van der Waals surface area contributed by atoms with Crippen molar-refractivity contribution in [1.29, 1.82) is 0 Å². The molecule has 0 aliphatic carbocycles. The molecule has 0 heterocycles. The van der Waals surface area contributed by atoms with Crippen LogP contribution in [-0.4, -0.2) is 23.7 Å². The predicted octanol–water partition coefficient (Wildman–Crippen LogP) is 2.28. The Hall–Kier alpha value is -2.04. The van der Waals surface area contributed by atoms with E-state index in [4.69, 9.17) is 9.84 Å². The number of hydrogen-bond donors (Lipinski definition) is 2. The SMILES string of the molecule is CC(CCC(=O)O)CNC(=O)Oc1ccccc1. The van der Waals surface area contributed by atoms with Gasteiger partial charge in [-0.2, -0.15) is 0 Å². The number of nitrogens with one attached hydrogen (secondary N) is 1. The lowest BCUT2D eigenvalue weighted by molar-refractivity contribution is -0.137. The quantitative estimate of drug-likeness (QED) is 0.813. The second-order valence-electron chi connectivity index (χ2n) is 4.12. The molecule has 1 atom stereocenters. The first-order valence-electron chi connectivity index (χ1n) is 5.80. The number of rotatable bonds is 6. The Morgan fingerprint density at radius 2 is 2.00 bits per heavy atom. The van der Waals surface area contributed by atoms with Gasteiger partial charge < -0.3 is 15.2 Å². The normalized spacial score (nSPS) is 11.6. The first-order chi connectivity index (χ1) is 8.58. The van der Waals surface area contributed by atoms with Gasteiger partial charge in [0.15, 0.2) is 0 Å². The molecule has 0 radical (unpaired) electrons. The van der Waals surface area contributed by atoms with Gasteiger partial charge in [-0.05, 0) is 24.5 Å². The maximum Gasteiger partial charge on any atom is 0.412 e. The third-order valence-corrected chi connectivity index (χ3v) is 2.40. The van der Waals surface area contributed by atoms with Gasteiger partial charge >= 0.3 is 12.1 Å². The van der Waals surface area contributed by atoms with E-state index in [1.807, 2.05) is 13.0 Å². The van der Waals surface area contributed by atoms with Crippen molar-refractivity contribution in [3.63, 3.8) is 0 Å². The highest BCUT2D eigenvalue weighted by molar-refractivity contribution is 5.70. The Labute approximate surface area is 106 Å². The van der Waals surface area contributed by atoms with Gasteiger partial charge in [0.25, 0.3) is 0 Å². The van der Waals surface area contributed by atoms with E-state index in [9.17, 15) is 9.59 Å². The molecule has 5 heteroatoms. The van der Waals surface area contributed by atoms with Crippen LogP contribution in [0.2, 0.25) is 0 Å². The number of carbonyl (C=O) groups is 2. The molecule has 0 aliphatic rings. The van der Waals surface area contributed by atoms with Crippen molar-refractivity contribution < 1.29 is 19.4 Å². The van der Waals surface area contributed by atoms with E-state index in [2.05, 4.69) is 5.32 Å². The van der Waals surface area contributed by atoms with Gasteiger partial charge in [0.05, 0.1) is 0 Å². The van der Waals surface area contributed by atoms with E-state index >= 15 is 0 Å². The molecule has 18 heavy (non-hydrogen) atoms. The second-order valence-corrected chi connectivity index (χ2v) is 4.12. The van der Waals surface area contributed by atoms with Crippen LogP contribution in [-0.2, 0) is 4.79 Å². The number of para-hydroxylation sites is 1. The molecule has 0 fully saturated rings. The summed E-state index contributed by atoms with van der Waals surface area (Å²) in [7, 11) is 0. The van der Waals surface area contributed by atoms with Gasteiger partial charge in [-0.3, -0.25) is 4.79 Å². The Bertz CT molecular complexity index is 391. The second kappa shape index (κ2) is 7.32. The standard InChI is InChI=1S/C13H17NO4/c1-10(7-8-12(15)16)9-14-13(17)18-11-5-3-2-4-6-11/h2-6,10H,7-9H2,1H3,(H,14,17)(H,15,16). The molecule has 0 aromatic heterocycles. The van der Waals surface area contributed by atoms with E-state index in [1.165, 1.54) is 0 Å². The number of carboxylic acids is 1. The molecule has 1 rings (SSSR count). The Morgan fingerprint density at radius 3 is 2.61 bits per heavy atom. The number of ether oxygens (including phenoxy) is 1. The van der Waals surface area contributed by atoms with E-state index in [0.717, 1.165) is 0 Å². The van der Waals surface area contributed by atoms with Crippen LogP contribution < -0.4 is 10.1 Å². The average Bonchev–Trinajstić information content (AvgIpc) is 2.35. The van der Waals surface area contributed by atoms with E-state index < -0.39 is 12.1 Å². The first-order valence-corrected chi connectivity index (χ1v) is 5.80. The summed E-state index contributed by atoms with van der Waals surface area (Å²) >= 11 is 0. The van der Waals surface area contributed by atoms with Crippen molar-refractivity contribution in [2.75, 3.05) is 6.54 Å².